The molecular formula is C6H6F3N5O. The number of nitrogen functional groups attached to an aromatic ring is 2. The Bertz CT molecular complexity index is 391. The fraction of sp³-hybridized carbons (Fsp3) is 0.167. The topological polar surface area (TPSA) is 107 Å². The molecule has 1 aromatic heterocycles. The number of rotatable bonds is 1. The highest BCUT2D eigenvalue weighted by atomic mass is 19.4. The van der Waals surface area contributed by atoms with Crippen LogP contribution in [0.3, 0.4) is 0 Å². The molecule has 15 heavy (non-hydrogen) atoms. The van der Waals surface area contributed by atoms with Crippen molar-refractivity contribution in [3.8, 4) is 0 Å². The SMILES string of the molecule is NNC(=O)c1nc(C(F)(F)F)cnc1N. The van der Waals surface area contributed by atoms with Crippen molar-refractivity contribution in [2.24, 2.45) is 5.84 Å². The third-order valence-electron chi connectivity index (χ3n) is 1.44. The molecule has 0 aliphatic carbocycles. The molecular weight excluding hydrogens is 215 g/mol. The second-order valence-corrected chi connectivity index (χ2v) is 2.46. The first-order valence-electron chi connectivity index (χ1n) is 3.57. The van der Waals surface area contributed by atoms with Crippen molar-refractivity contribution in [1.82, 2.24) is 15.4 Å². The Morgan fingerprint density at radius 2 is 2.07 bits per heavy atom. The number of hydrazine groups is 1. The van der Waals surface area contributed by atoms with Gasteiger partial charge in [0.05, 0.1) is 6.20 Å². The highest BCUT2D eigenvalue weighted by Gasteiger charge is 2.34. The number of hydrogen-bond acceptors (Lipinski definition) is 5. The number of halogens is 3. The smallest absolute Gasteiger partial charge is 0.382 e. The monoisotopic (exact) mass is 221 g/mol. The number of nitrogens with zero attached hydrogens (tertiary/aromatic N) is 2. The molecule has 0 saturated carbocycles. The van der Waals surface area contributed by atoms with Gasteiger partial charge < -0.3 is 5.73 Å². The summed E-state index contributed by atoms with van der Waals surface area (Å²) in [6, 6.07) is 0. The van der Waals surface area contributed by atoms with Gasteiger partial charge in [0.2, 0.25) is 0 Å². The molecule has 1 rings (SSSR count). The van der Waals surface area contributed by atoms with Gasteiger partial charge in [-0.1, -0.05) is 0 Å². The highest BCUT2D eigenvalue weighted by molar-refractivity contribution is 5.95. The summed E-state index contributed by atoms with van der Waals surface area (Å²) in [6.07, 6.45) is -4.26. The van der Waals surface area contributed by atoms with Gasteiger partial charge in [0, 0.05) is 0 Å². The summed E-state index contributed by atoms with van der Waals surface area (Å²) in [5.41, 5.74) is 4.79. The Labute approximate surface area is 81.5 Å². The Balaban J connectivity index is 3.23. The van der Waals surface area contributed by atoms with Crippen LogP contribution in [0.5, 0.6) is 0 Å². The molecule has 0 aliphatic heterocycles. The van der Waals surface area contributed by atoms with E-state index in [1.54, 1.807) is 5.43 Å². The number of amides is 1. The molecule has 0 saturated heterocycles. The zero-order chi connectivity index (χ0) is 11.6. The van der Waals surface area contributed by atoms with Gasteiger partial charge in [-0.2, -0.15) is 13.2 Å². The minimum atomic E-state index is -4.69. The molecule has 1 heterocycles. The van der Waals surface area contributed by atoms with Crippen molar-refractivity contribution in [2.45, 2.75) is 6.18 Å². The lowest BCUT2D eigenvalue weighted by atomic mass is 10.3. The van der Waals surface area contributed by atoms with E-state index in [4.69, 9.17) is 11.6 Å². The second-order valence-electron chi connectivity index (χ2n) is 2.46. The molecule has 0 bridgehead atoms. The lowest BCUT2D eigenvalue weighted by molar-refractivity contribution is -0.141. The van der Waals surface area contributed by atoms with E-state index in [9.17, 15) is 18.0 Å². The van der Waals surface area contributed by atoms with Gasteiger partial charge in [-0.25, -0.2) is 15.8 Å². The largest absolute Gasteiger partial charge is 0.434 e. The van der Waals surface area contributed by atoms with Crippen LogP contribution in [0, 0.1) is 0 Å². The summed E-state index contributed by atoms with van der Waals surface area (Å²) in [5, 5.41) is 0. The lowest BCUT2D eigenvalue weighted by Crippen LogP contribution is -2.32. The van der Waals surface area contributed by atoms with E-state index in [1.165, 1.54) is 0 Å². The maximum absolute atomic E-state index is 12.2. The lowest BCUT2D eigenvalue weighted by Gasteiger charge is -2.07. The summed E-state index contributed by atoms with van der Waals surface area (Å²) in [6.45, 7) is 0. The summed E-state index contributed by atoms with van der Waals surface area (Å²) in [7, 11) is 0. The van der Waals surface area contributed by atoms with Gasteiger partial charge in [0.25, 0.3) is 5.91 Å². The van der Waals surface area contributed by atoms with Crippen molar-refractivity contribution in [1.29, 1.82) is 0 Å². The van der Waals surface area contributed by atoms with Crippen molar-refractivity contribution >= 4 is 11.7 Å². The van der Waals surface area contributed by atoms with Crippen LogP contribution in [0.25, 0.3) is 0 Å². The van der Waals surface area contributed by atoms with E-state index in [0.717, 1.165) is 0 Å². The Kier molecular flexibility index (Phi) is 2.75. The number of anilines is 1. The fourth-order valence-corrected chi connectivity index (χ4v) is 0.770. The van der Waals surface area contributed by atoms with Crippen molar-refractivity contribution in [3.63, 3.8) is 0 Å². The van der Waals surface area contributed by atoms with E-state index in [-0.39, 0.29) is 0 Å². The maximum Gasteiger partial charge on any atom is 0.434 e. The van der Waals surface area contributed by atoms with Crippen LogP contribution in [0.2, 0.25) is 0 Å². The highest BCUT2D eigenvalue weighted by Crippen LogP contribution is 2.27. The van der Waals surface area contributed by atoms with Gasteiger partial charge in [-0.3, -0.25) is 10.2 Å². The third-order valence-corrected chi connectivity index (χ3v) is 1.44. The van der Waals surface area contributed by atoms with Crippen molar-refractivity contribution in [2.75, 3.05) is 5.73 Å². The fourth-order valence-electron chi connectivity index (χ4n) is 0.770. The van der Waals surface area contributed by atoms with Gasteiger partial charge in [-0.05, 0) is 0 Å². The molecule has 0 spiro atoms. The molecule has 82 valence electrons. The summed E-state index contributed by atoms with van der Waals surface area (Å²) in [5.74, 6) is 3.27. The van der Waals surface area contributed by atoms with Crippen LogP contribution in [0.4, 0.5) is 19.0 Å². The number of carbonyl (C=O) groups is 1. The van der Waals surface area contributed by atoms with Crippen LogP contribution in [0.1, 0.15) is 16.2 Å². The average molecular weight is 221 g/mol. The normalized spacial score (nSPS) is 11.2. The van der Waals surface area contributed by atoms with Crippen LogP contribution in [0.15, 0.2) is 6.20 Å². The summed E-state index contributed by atoms with van der Waals surface area (Å²) < 4.78 is 36.5. The number of carbonyl (C=O) groups excluding carboxylic acids is 1. The van der Waals surface area contributed by atoms with Gasteiger partial charge in [-0.15, -0.1) is 0 Å². The molecule has 0 atom stereocenters. The maximum atomic E-state index is 12.2. The molecule has 6 nitrogen and oxygen atoms in total. The minimum absolute atomic E-state index is 0.425. The molecule has 0 fully saturated rings. The summed E-state index contributed by atoms with van der Waals surface area (Å²) in [4.78, 5) is 17.1. The second kappa shape index (κ2) is 3.69. The Hall–Kier alpha value is -1.90. The van der Waals surface area contributed by atoms with Gasteiger partial charge in [0.1, 0.15) is 0 Å². The zero-order valence-electron chi connectivity index (χ0n) is 7.17. The van der Waals surface area contributed by atoms with Crippen molar-refractivity contribution < 1.29 is 18.0 Å². The molecule has 1 aromatic rings. The Morgan fingerprint density at radius 3 is 2.53 bits per heavy atom. The number of nitrogens with two attached hydrogens (primary N) is 2. The molecule has 0 aliphatic rings. The number of hydrogen-bond donors (Lipinski definition) is 3. The predicted octanol–water partition coefficient (Wildman–Crippen LogP) is -0.319. The number of nitrogens with one attached hydrogen (secondary N) is 1. The molecule has 0 radical (unpaired) electrons. The third kappa shape index (κ3) is 2.31. The van der Waals surface area contributed by atoms with E-state index in [1.807, 2.05) is 0 Å². The molecule has 0 unspecified atom stereocenters. The van der Waals surface area contributed by atoms with Crippen LogP contribution >= 0.6 is 0 Å². The molecule has 1 amide bonds. The van der Waals surface area contributed by atoms with Crippen LogP contribution in [-0.4, -0.2) is 15.9 Å². The molecule has 5 N–H and O–H groups in total. The van der Waals surface area contributed by atoms with Crippen LogP contribution in [-0.2, 0) is 6.18 Å². The predicted molar refractivity (Wildman–Crippen MR) is 43.1 cm³/mol. The first-order valence-corrected chi connectivity index (χ1v) is 3.57. The van der Waals surface area contributed by atoms with Crippen LogP contribution < -0.4 is 17.0 Å². The van der Waals surface area contributed by atoms with E-state index >= 15 is 0 Å². The van der Waals surface area contributed by atoms with E-state index < -0.39 is 29.3 Å². The molecule has 0 aromatic carbocycles. The average Bonchev–Trinajstić information content (AvgIpc) is 2.15. The number of alkyl halides is 3. The Morgan fingerprint density at radius 1 is 1.47 bits per heavy atom. The van der Waals surface area contributed by atoms with E-state index in [0.29, 0.717) is 6.20 Å². The quantitative estimate of drug-likeness (QED) is 0.342. The van der Waals surface area contributed by atoms with Gasteiger partial charge >= 0.3 is 6.18 Å². The first-order chi connectivity index (χ1) is 6.86. The van der Waals surface area contributed by atoms with E-state index in [2.05, 4.69) is 9.97 Å². The minimum Gasteiger partial charge on any atom is -0.382 e. The standard InChI is InChI=1S/C6H6F3N5O/c7-6(8,9)2-1-12-4(10)3(13-2)5(15)14-11/h1H,11H2,(H2,10,12)(H,14,15). The zero-order valence-corrected chi connectivity index (χ0v) is 7.17. The van der Waals surface area contributed by atoms with Gasteiger partial charge in [0.15, 0.2) is 17.2 Å². The number of aromatic nitrogens is 2. The molecule has 9 heteroatoms. The first kappa shape index (κ1) is 11.2. The van der Waals surface area contributed by atoms with Crippen molar-refractivity contribution in [3.05, 3.63) is 17.6 Å². The summed E-state index contributed by atoms with van der Waals surface area (Å²) >= 11 is 0.